The molecule has 21 heavy (non-hydrogen) atoms. The molecule has 1 aromatic carbocycles. The molecule has 2 unspecified atom stereocenters. The molecule has 0 aliphatic heterocycles. The predicted molar refractivity (Wildman–Crippen MR) is 86.3 cm³/mol. The molecule has 1 aliphatic rings. The van der Waals surface area contributed by atoms with Crippen LogP contribution < -0.4 is 10.6 Å². The summed E-state index contributed by atoms with van der Waals surface area (Å²) in [5, 5.41) is 11.5. The van der Waals surface area contributed by atoms with Gasteiger partial charge in [0.25, 0.3) is 5.69 Å². The van der Waals surface area contributed by atoms with Crippen molar-refractivity contribution in [2.45, 2.75) is 32.2 Å². The number of benzene rings is 1. The lowest BCUT2D eigenvalue weighted by Gasteiger charge is -2.35. The molecule has 0 heterocycles. The average molecular weight is 332 g/mol. The van der Waals surface area contributed by atoms with Crippen LogP contribution in [0.3, 0.4) is 0 Å². The van der Waals surface area contributed by atoms with Crippen LogP contribution in [0.15, 0.2) is 12.1 Å². The highest BCUT2D eigenvalue weighted by Gasteiger charge is 2.33. The maximum absolute atomic E-state index is 10.9. The Kier molecular flexibility index (Phi) is 5.30. The molecule has 0 saturated heterocycles. The number of non-ortho nitro benzene ring substituents is 1. The van der Waals surface area contributed by atoms with Gasteiger partial charge in [-0.3, -0.25) is 10.1 Å². The molecule has 1 fully saturated rings. The Morgan fingerprint density at radius 3 is 2.48 bits per heavy atom. The number of nitro benzene ring substituents is 1. The number of rotatable bonds is 5. The normalized spacial score (nSPS) is 21.5. The highest BCUT2D eigenvalue weighted by molar-refractivity contribution is 6.39. The molecular weight excluding hydrogens is 313 g/mol. The number of hydrogen-bond acceptors (Lipinski definition) is 4. The van der Waals surface area contributed by atoms with Gasteiger partial charge in [0.05, 0.1) is 20.7 Å². The number of nitrogens with zero attached hydrogens (tertiary/aromatic N) is 2. The zero-order valence-electron chi connectivity index (χ0n) is 11.9. The van der Waals surface area contributed by atoms with Crippen molar-refractivity contribution in [3.8, 4) is 0 Å². The van der Waals surface area contributed by atoms with E-state index in [-0.39, 0.29) is 11.7 Å². The summed E-state index contributed by atoms with van der Waals surface area (Å²) in [5.74, 6) is 0.410. The first-order chi connectivity index (χ1) is 9.99. The van der Waals surface area contributed by atoms with E-state index in [1.165, 1.54) is 12.1 Å². The molecule has 0 amide bonds. The van der Waals surface area contributed by atoms with Crippen molar-refractivity contribution in [2.24, 2.45) is 11.7 Å². The number of hydrogen-bond donors (Lipinski definition) is 1. The molecule has 116 valence electrons. The molecule has 0 aromatic heterocycles. The van der Waals surface area contributed by atoms with Crippen LogP contribution in [0.2, 0.25) is 10.0 Å². The first kappa shape index (κ1) is 16.3. The quantitative estimate of drug-likeness (QED) is 0.656. The summed E-state index contributed by atoms with van der Waals surface area (Å²) >= 11 is 12.5. The fraction of sp³-hybridized carbons (Fsp3) is 0.571. The largest absolute Gasteiger partial charge is 0.366 e. The molecule has 5 nitrogen and oxygen atoms in total. The summed E-state index contributed by atoms with van der Waals surface area (Å²) in [6.45, 7) is 3.39. The third-order valence-corrected chi connectivity index (χ3v) is 4.74. The Balaban J connectivity index is 2.40. The molecule has 2 atom stereocenters. The average Bonchev–Trinajstić information content (AvgIpc) is 2.90. The van der Waals surface area contributed by atoms with Crippen LogP contribution in [-0.2, 0) is 0 Å². The van der Waals surface area contributed by atoms with Gasteiger partial charge in [-0.05, 0) is 32.2 Å². The second-order valence-corrected chi connectivity index (χ2v) is 6.11. The number of halogens is 2. The lowest BCUT2D eigenvalue weighted by atomic mass is 10.0. The van der Waals surface area contributed by atoms with E-state index < -0.39 is 4.92 Å². The number of nitrogens with two attached hydrogens (primary N) is 1. The summed E-state index contributed by atoms with van der Waals surface area (Å²) in [6.07, 6.45) is 3.27. The second-order valence-electron chi connectivity index (χ2n) is 5.30. The van der Waals surface area contributed by atoms with Crippen LogP contribution in [0.1, 0.15) is 26.2 Å². The van der Waals surface area contributed by atoms with Gasteiger partial charge in [-0.25, -0.2) is 0 Å². The number of nitro groups is 1. The van der Waals surface area contributed by atoms with E-state index in [9.17, 15) is 10.1 Å². The van der Waals surface area contributed by atoms with Crippen molar-refractivity contribution in [2.75, 3.05) is 18.0 Å². The van der Waals surface area contributed by atoms with E-state index in [1.54, 1.807) is 0 Å². The molecular formula is C14H19Cl2N3O2. The van der Waals surface area contributed by atoms with Crippen molar-refractivity contribution in [3.05, 3.63) is 32.3 Å². The van der Waals surface area contributed by atoms with Gasteiger partial charge in [-0.1, -0.05) is 29.6 Å². The van der Waals surface area contributed by atoms with Crippen LogP contribution in [0.4, 0.5) is 11.4 Å². The standard InChI is InChI=1S/C14H19Cl2N3O2/c1-2-18(13-5-3-4-9(13)8-17)14-11(15)6-10(19(20)21)7-12(14)16/h6-7,9,13H,2-5,8,17H2,1H3. The summed E-state index contributed by atoms with van der Waals surface area (Å²) in [6, 6.07) is 3.01. The zero-order valence-corrected chi connectivity index (χ0v) is 13.4. The highest BCUT2D eigenvalue weighted by atomic mass is 35.5. The van der Waals surface area contributed by atoms with Crippen LogP contribution in [0.25, 0.3) is 0 Å². The molecule has 1 saturated carbocycles. The van der Waals surface area contributed by atoms with Gasteiger partial charge in [-0.2, -0.15) is 0 Å². The fourth-order valence-electron chi connectivity index (χ4n) is 3.19. The second kappa shape index (κ2) is 6.81. The molecule has 7 heteroatoms. The Bertz CT molecular complexity index is 516. The molecule has 2 N–H and O–H groups in total. The Morgan fingerprint density at radius 2 is 2.00 bits per heavy atom. The van der Waals surface area contributed by atoms with Crippen molar-refractivity contribution >= 4 is 34.6 Å². The van der Waals surface area contributed by atoms with Gasteiger partial charge >= 0.3 is 0 Å². The van der Waals surface area contributed by atoms with E-state index in [4.69, 9.17) is 28.9 Å². The summed E-state index contributed by atoms with van der Waals surface area (Å²) in [5.41, 5.74) is 6.44. The minimum absolute atomic E-state index is 0.0911. The molecule has 1 aromatic rings. The molecule has 2 rings (SSSR count). The zero-order chi connectivity index (χ0) is 15.6. The Labute approximate surface area is 134 Å². The smallest absolute Gasteiger partial charge is 0.272 e. The maximum Gasteiger partial charge on any atom is 0.272 e. The van der Waals surface area contributed by atoms with Crippen molar-refractivity contribution in [1.82, 2.24) is 0 Å². The van der Waals surface area contributed by atoms with Crippen LogP contribution in [0.5, 0.6) is 0 Å². The minimum atomic E-state index is -0.490. The summed E-state index contributed by atoms with van der Waals surface area (Å²) < 4.78 is 0. The van der Waals surface area contributed by atoms with Crippen molar-refractivity contribution in [1.29, 1.82) is 0 Å². The summed E-state index contributed by atoms with van der Waals surface area (Å²) in [4.78, 5) is 12.5. The summed E-state index contributed by atoms with van der Waals surface area (Å²) in [7, 11) is 0. The number of anilines is 1. The third-order valence-electron chi connectivity index (χ3n) is 4.16. The monoisotopic (exact) mass is 331 g/mol. The van der Waals surface area contributed by atoms with E-state index >= 15 is 0 Å². The topological polar surface area (TPSA) is 72.4 Å². The van der Waals surface area contributed by atoms with Crippen LogP contribution in [-0.4, -0.2) is 24.1 Å². The molecule has 1 aliphatic carbocycles. The lowest BCUT2D eigenvalue weighted by Crippen LogP contribution is -2.40. The molecule has 0 radical (unpaired) electrons. The Morgan fingerprint density at radius 1 is 1.38 bits per heavy atom. The third kappa shape index (κ3) is 3.25. The predicted octanol–water partition coefficient (Wildman–Crippen LogP) is 3.86. The van der Waals surface area contributed by atoms with Crippen LogP contribution >= 0.6 is 23.2 Å². The van der Waals surface area contributed by atoms with Gasteiger partial charge in [0.1, 0.15) is 0 Å². The van der Waals surface area contributed by atoms with Gasteiger partial charge in [0, 0.05) is 24.7 Å². The highest BCUT2D eigenvalue weighted by Crippen LogP contribution is 2.41. The van der Waals surface area contributed by atoms with E-state index in [0.717, 1.165) is 25.8 Å². The van der Waals surface area contributed by atoms with Crippen LogP contribution in [0, 0.1) is 16.0 Å². The maximum atomic E-state index is 10.9. The van der Waals surface area contributed by atoms with Gasteiger partial charge in [0.15, 0.2) is 0 Å². The van der Waals surface area contributed by atoms with Gasteiger partial charge in [0.2, 0.25) is 0 Å². The molecule has 0 spiro atoms. The minimum Gasteiger partial charge on any atom is -0.366 e. The van der Waals surface area contributed by atoms with Crippen molar-refractivity contribution < 1.29 is 4.92 Å². The first-order valence-electron chi connectivity index (χ1n) is 7.09. The lowest BCUT2D eigenvalue weighted by molar-refractivity contribution is -0.384. The van der Waals surface area contributed by atoms with E-state index in [2.05, 4.69) is 4.90 Å². The van der Waals surface area contributed by atoms with Gasteiger partial charge in [-0.15, -0.1) is 0 Å². The van der Waals surface area contributed by atoms with Gasteiger partial charge < -0.3 is 10.6 Å². The molecule has 0 bridgehead atoms. The SMILES string of the molecule is CCN(c1c(Cl)cc([N+](=O)[O-])cc1Cl)C1CCCC1CN. The van der Waals surface area contributed by atoms with E-state index in [1.807, 2.05) is 6.92 Å². The first-order valence-corrected chi connectivity index (χ1v) is 7.85. The fourth-order valence-corrected chi connectivity index (χ4v) is 3.89. The Hall–Kier alpha value is -1.04. The van der Waals surface area contributed by atoms with Crippen molar-refractivity contribution in [3.63, 3.8) is 0 Å². The van der Waals surface area contributed by atoms with E-state index in [0.29, 0.717) is 28.2 Å².